The number of anilines is 2. The highest BCUT2D eigenvalue weighted by atomic mass is 35.5. The lowest BCUT2D eigenvalue weighted by Crippen LogP contribution is -2.49. The molecule has 1 aromatic rings. The zero-order valence-corrected chi connectivity index (χ0v) is 14.9. The highest BCUT2D eigenvalue weighted by molar-refractivity contribution is 5.85. The summed E-state index contributed by atoms with van der Waals surface area (Å²) < 4.78 is 0. The second-order valence-electron chi connectivity index (χ2n) is 6.11. The van der Waals surface area contributed by atoms with Gasteiger partial charge in [-0.25, -0.2) is 0 Å². The van der Waals surface area contributed by atoms with Gasteiger partial charge in [0.15, 0.2) is 0 Å². The Labute approximate surface area is 145 Å². The molecule has 2 saturated heterocycles. The zero-order valence-electron chi connectivity index (χ0n) is 13.3. The Morgan fingerprint density at radius 1 is 1.23 bits per heavy atom. The van der Waals surface area contributed by atoms with Gasteiger partial charge in [-0.15, -0.1) is 24.8 Å². The molecule has 2 atom stereocenters. The van der Waals surface area contributed by atoms with Gasteiger partial charge in [0.05, 0.1) is 6.10 Å². The van der Waals surface area contributed by atoms with Crippen molar-refractivity contribution in [2.75, 3.05) is 42.5 Å². The van der Waals surface area contributed by atoms with Gasteiger partial charge in [0, 0.05) is 50.1 Å². The van der Waals surface area contributed by atoms with E-state index in [1.165, 1.54) is 16.9 Å². The molecule has 4 nitrogen and oxygen atoms in total. The van der Waals surface area contributed by atoms with Crippen LogP contribution in [0.25, 0.3) is 0 Å². The van der Waals surface area contributed by atoms with Gasteiger partial charge >= 0.3 is 0 Å². The molecular weight excluding hydrogens is 321 g/mol. The van der Waals surface area contributed by atoms with Gasteiger partial charge in [0.1, 0.15) is 0 Å². The van der Waals surface area contributed by atoms with Crippen LogP contribution < -0.4 is 15.1 Å². The lowest BCUT2D eigenvalue weighted by Gasteiger charge is -2.36. The van der Waals surface area contributed by atoms with Crippen LogP contribution in [0.1, 0.15) is 18.9 Å². The number of rotatable bonds is 2. The molecule has 2 fully saturated rings. The number of aliphatic hydroxyl groups is 1. The van der Waals surface area contributed by atoms with Crippen molar-refractivity contribution in [2.45, 2.75) is 32.4 Å². The highest BCUT2D eigenvalue weighted by Gasteiger charge is 2.23. The lowest BCUT2D eigenvalue weighted by atomic mass is 10.1. The number of benzene rings is 1. The third kappa shape index (κ3) is 3.99. The molecule has 0 unspecified atom stereocenters. The predicted octanol–water partition coefficient (Wildman–Crippen LogP) is 2.21. The number of β-amino-alcohol motifs (C(OH)–C–C–N with tert-alkyl or cyclic N) is 1. The van der Waals surface area contributed by atoms with Crippen molar-refractivity contribution in [2.24, 2.45) is 0 Å². The number of piperazine rings is 1. The van der Waals surface area contributed by atoms with E-state index in [0.717, 1.165) is 39.1 Å². The predicted molar refractivity (Wildman–Crippen MR) is 98.2 cm³/mol. The van der Waals surface area contributed by atoms with Crippen molar-refractivity contribution in [1.29, 1.82) is 0 Å². The molecule has 2 heterocycles. The van der Waals surface area contributed by atoms with Crippen LogP contribution >= 0.6 is 24.8 Å². The maximum absolute atomic E-state index is 9.69. The van der Waals surface area contributed by atoms with Gasteiger partial charge in [0.2, 0.25) is 0 Å². The number of halogens is 2. The summed E-state index contributed by atoms with van der Waals surface area (Å²) in [4.78, 5) is 4.77. The Kier molecular flexibility index (Phi) is 7.26. The van der Waals surface area contributed by atoms with Crippen molar-refractivity contribution < 1.29 is 5.11 Å². The Morgan fingerprint density at radius 3 is 2.59 bits per heavy atom. The highest BCUT2D eigenvalue weighted by Crippen LogP contribution is 2.29. The number of hydrogen-bond acceptors (Lipinski definition) is 4. The lowest BCUT2D eigenvalue weighted by molar-refractivity contribution is 0.198. The summed E-state index contributed by atoms with van der Waals surface area (Å²) in [5, 5.41) is 13.1. The Balaban J connectivity index is 0.00000121. The molecule has 0 spiro atoms. The Bertz CT molecular complexity index is 486. The molecule has 0 bridgehead atoms. The molecule has 22 heavy (non-hydrogen) atoms. The van der Waals surface area contributed by atoms with Crippen molar-refractivity contribution in [3.05, 3.63) is 23.8 Å². The largest absolute Gasteiger partial charge is 0.391 e. The van der Waals surface area contributed by atoms with Gasteiger partial charge in [-0.1, -0.05) is 0 Å². The van der Waals surface area contributed by atoms with E-state index < -0.39 is 0 Å². The minimum atomic E-state index is -0.165. The average molecular weight is 348 g/mol. The van der Waals surface area contributed by atoms with Crippen LogP contribution in [0.4, 0.5) is 11.4 Å². The molecule has 0 aromatic heterocycles. The molecule has 2 aliphatic rings. The van der Waals surface area contributed by atoms with E-state index in [0.29, 0.717) is 6.04 Å². The van der Waals surface area contributed by atoms with Crippen LogP contribution in [0, 0.1) is 6.92 Å². The first-order valence-electron chi connectivity index (χ1n) is 7.66. The minimum absolute atomic E-state index is 0. The standard InChI is InChI=1S/C16H25N3O.2ClH/c1-12-9-14(19-8-6-17-10-13(19)2)3-4-16(12)18-7-5-15(20)11-18;;/h3-4,9,13,15,17,20H,5-8,10-11H2,1-2H3;2*1H/t13-,15-;;/m0../s1. The number of hydrogen-bond donors (Lipinski definition) is 2. The van der Waals surface area contributed by atoms with E-state index in [2.05, 4.69) is 47.2 Å². The van der Waals surface area contributed by atoms with Crippen molar-refractivity contribution in [1.82, 2.24) is 5.32 Å². The van der Waals surface area contributed by atoms with Gasteiger partial charge in [-0.3, -0.25) is 0 Å². The molecular formula is C16H27Cl2N3O. The van der Waals surface area contributed by atoms with Crippen LogP contribution in [-0.2, 0) is 0 Å². The number of nitrogens with zero attached hydrogens (tertiary/aromatic N) is 2. The van der Waals surface area contributed by atoms with Gasteiger partial charge < -0.3 is 20.2 Å². The Morgan fingerprint density at radius 2 is 2.00 bits per heavy atom. The maximum atomic E-state index is 9.69. The summed E-state index contributed by atoms with van der Waals surface area (Å²) in [5.74, 6) is 0. The van der Waals surface area contributed by atoms with E-state index in [4.69, 9.17) is 0 Å². The molecule has 0 aliphatic carbocycles. The van der Waals surface area contributed by atoms with E-state index in [-0.39, 0.29) is 30.9 Å². The summed E-state index contributed by atoms with van der Waals surface area (Å²) in [7, 11) is 0. The molecule has 3 rings (SSSR count). The summed E-state index contributed by atoms with van der Waals surface area (Å²) in [6.07, 6.45) is 0.720. The fourth-order valence-corrected chi connectivity index (χ4v) is 3.36. The van der Waals surface area contributed by atoms with Gasteiger partial charge in [-0.2, -0.15) is 0 Å². The van der Waals surface area contributed by atoms with E-state index >= 15 is 0 Å². The molecule has 126 valence electrons. The monoisotopic (exact) mass is 347 g/mol. The van der Waals surface area contributed by atoms with Crippen LogP contribution in [0.5, 0.6) is 0 Å². The Hall–Kier alpha value is -0.680. The topological polar surface area (TPSA) is 38.7 Å². The summed E-state index contributed by atoms with van der Waals surface area (Å²) in [5.41, 5.74) is 3.90. The van der Waals surface area contributed by atoms with Crippen LogP contribution in [-0.4, -0.2) is 50.0 Å². The molecule has 2 aliphatic heterocycles. The average Bonchev–Trinajstić information content (AvgIpc) is 2.85. The fourth-order valence-electron chi connectivity index (χ4n) is 3.36. The molecule has 1 aromatic carbocycles. The van der Waals surface area contributed by atoms with E-state index in [1.54, 1.807) is 0 Å². The van der Waals surface area contributed by atoms with Gasteiger partial charge in [0.25, 0.3) is 0 Å². The quantitative estimate of drug-likeness (QED) is 0.860. The van der Waals surface area contributed by atoms with E-state index in [1.807, 2.05) is 0 Å². The van der Waals surface area contributed by atoms with Crippen molar-refractivity contribution >= 4 is 36.2 Å². The smallest absolute Gasteiger partial charge is 0.0731 e. The molecule has 6 heteroatoms. The summed E-state index contributed by atoms with van der Waals surface area (Å²) >= 11 is 0. The maximum Gasteiger partial charge on any atom is 0.0731 e. The first-order chi connectivity index (χ1) is 9.65. The van der Waals surface area contributed by atoms with Crippen LogP contribution in [0.15, 0.2) is 18.2 Å². The summed E-state index contributed by atoms with van der Waals surface area (Å²) in [6, 6.07) is 7.29. The van der Waals surface area contributed by atoms with Crippen LogP contribution in [0.2, 0.25) is 0 Å². The minimum Gasteiger partial charge on any atom is -0.391 e. The number of nitrogens with one attached hydrogen (secondary N) is 1. The number of aryl methyl sites for hydroxylation is 1. The third-order valence-corrected chi connectivity index (χ3v) is 4.52. The molecule has 0 radical (unpaired) electrons. The van der Waals surface area contributed by atoms with Crippen molar-refractivity contribution in [3.63, 3.8) is 0 Å². The SMILES string of the molecule is Cc1cc(N2CCNC[C@@H]2C)ccc1N1CC[C@H](O)C1.Cl.Cl. The van der Waals surface area contributed by atoms with Gasteiger partial charge in [-0.05, 0) is 44.0 Å². The summed E-state index contributed by atoms with van der Waals surface area (Å²) in [6.45, 7) is 9.36. The number of aliphatic hydroxyl groups excluding tert-OH is 1. The molecule has 0 saturated carbocycles. The first kappa shape index (κ1) is 19.4. The third-order valence-electron chi connectivity index (χ3n) is 4.52. The zero-order chi connectivity index (χ0) is 14.1. The molecule has 2 N–H and O–H groups in total. The normalized spacial score (nSPS) is 24.7. The molecule has 0 amide bonds. The second-order valence-corrected chi connectivity index (χ2v) is 6.11. The first-order valence-corrected chi connectivity index (χ1v) is 7.66. The van der Waals surface area contributed by atoms with Crippen molar-refractivity contribution in [3.8, 4) is 0 Å². The van der Waals surface area contributed by atoms with E-state index in [9.17, 15) is 5.11 Å². The second kappa shape index (κ2) is 8.25. The van der Waals surface area contributed by atoms with Crippen LogP contribution in [0.3, 0.4) is 0 Å². The fraction of sp³-hybridized carbons (Fsp3) is 0.625.